The van der Waals surface area contributed by atoms with Gasteiger partial charge in [-0.3, -0.25) is 24.0 Å². The molecular formula is C26H32N6O8. The Labute approximate surface area is 229 Å². The van der Waals surface area contributed by atoms with Gasteiger partial charge in [-0.1, -0.05) is 42.5 Å². The molecule has 2 rings (SSSR count). The highest BCUT2D eigenvalue weighted by molar-refractivity contribution is 5.96. The molecule has 4 atom stereocenters. The summed E-state index contributed by atoms with van der Waals surface area (Å²) in [5, 5.41) is 25.7. The van der Waals surface area contributed by atoms with E-state index in [1.165, 1.54) is 12.1 Å². The normalized spacial score (nSPS) is 13.6. The fourth-order valence-corrected chi connectivity index (χ4v) is 3.67. The second-order valence-corrected chi connectivity index (χ2v) is 9.03. The predicted molar refractivity (Wildman–Crippen MR) is 141 cm³/mol. The highest BCUT2D eigenvalue weighted by atomic mass is 16.4. The van der Waals surface area contributed by atoms with Gasteiger partial charge in [-0.25, -0.2) is 4.79 Å². The number of phenols is 1. The van der Waals surface area contributed by atoms with Crippen LogP contribution < -0.4 is 33.2 Å². The molecule has 0 heterocycles. The zero-order valence-electron chi connectivity index (χ0n) is 21.4. The molecule has 0 bridgehead atoms. The van der Waals surface area contributed by atoms with E-state index < -0.39 is 72.5 Å². The van der Waals surface area contributed by atoms with Gasteiger partial charge in [0.1, 0.15) is 23.9 Å². The highest BCUT2D eigenvalue weighted by Gasteiger charge is 2.31. The summed E-state index contributed by atoms with van der Waals surface area (Å²) in [4.78, 5) is 73.3. The van der Waals surface area contributed by atoms with Crippen LogP contribution in [0.1, 0.15) is 24.0 Å². The van der Waals surface area contributed by atoms with Crippen molar-refractivity contribution in [2.75, 3.05) is 0 Å². The third-order valence-corrected chi connectivity index (χ3v) is 5.70. The quantitative estimate of drug-likeness (QED) is 0.118. The van der Waals surface area contributed by atoms with Crippen molar-refractivity contribution >= 4 is 35.5 Å². The van der Waals surface area contributed by atoms with Crippen LogP contribution in [0, 0.1) is 0 Å². The third kappa shape index (κ3) is 10.4. The second kappa shape index (κ2) is 14.8. The van der Waals surface area contributed by atoms with Crippen LogP contribution in [0.15, 0.2) is 54.6 Å². The Bertz CT molecular complexity index is 1220. The standard InChI is InChI=1S/C26H32N6O8/c27-17(10-15-6-8-16(33)9-7-15)23(36)30-19(12-21(28)34)25(38)31-18(11-14-4-2-1-3-5-14)24(37)32-20(26(39)40)13-22(29)35/h1-9,17-20,33H,10-13,27H2,(H2,28,34)(H2,29,35)(H,30,36)(H,31,38)(H,32,37)(H,39,40). The van der Waals surface area contributed by atoms with Crippen molar-refractivity contribution < 1.29 is 39.0 Å². The van der Waals surface area contributed by atoms with Crippen molar-refractivity contribution in [3.63, 3.8) is 0 Å². The fourth-order valence-electron chi connectivity index (χ4n) is 3.67. The maximum Gasteiger partial charge on any atom is 0.326 e. The van der Waals surface area contributed by atoms with E-state index in [1.54, 1.807) is 42.5 Å². The average Bonchev–Trinajstić information content (AvgIpc) is 2.88. The molecule has 14 heteroatoms. The lowest BCUT2D eigenvalue weighted by atomic mass is 10.0. The molecule has 0 fully saturated rings. The number of nitrogens with one attached hydrogen (secondary N) is 3. The van der Waals surface area contributed by atoms with Crippen molar-refractivity contribution in [2.45, 2.75) is 49.9 Å². The van der Waals surface area contributed by atoms with Crippen molar-refractivity contribution in [2.24, 2.45) is 17.2 Å². The molecule has 0 aliphatic carbocycles. The number of carbonyl (C=O) groups is 6. The zero-order chi connectivity index (χ0) is 29.8. The molecule has 2 aromatic carbocycles. The number of nitrogens with two attached hydrogens (primary N) is 3. The summed E-state index contributed by atoms with van der Waals surface area (Å²) in [6.45, 7) is 0. The van der Waals surface area contributed by atoms with Gasteiger partial charge in [-0.05, 0) is 29.7 Å². The molecule has 214 valence electrons. The molecule has 4 unspecified atom stereocenters. The molecule has 2 aromatic rings. The molecule has 0 saturated carbocycles. The number of hydrogen-bond donors (Lipinski definition) is 8. The topological polar surface area (TPSA) is 257 Å². The summed E-state index contributed by atoms with van der Waals surface area (Å²) < 4.78 is 0. The molecule has 5 amide bonds. The van der Waals surface area contributed by atoms with Gasteiger partial charge in [-0.2, -0.15) is 0 Å². The highest BCUT2D eigenvalue weighted by Crippen LogP contribution is 2.11. The van der Waals surface area contributed by atoms with Gasteiger partial charge in [0.15, 0.2) is 0 Å². The van der Waals surface area contributed by atoms with Gasteiger partial charge in [0, 0.05) is 6.42 Å². The summed E-state index contributed by atoms with van der Waals surface area (Å²) in [5.41, 5.74) is 17.5. The van der Waals surface area contributed by atoms with Gasteiger partial charge in [0.05, 0.1) is 18.9 Å². The monoisotopic (exact) mass is 556 g/mol. The van der Waals surface area contributed by atoms with Crippen LogP contribution in [0.3, 0.4) is 0 Å². The first-order chi connectivity index (χ1) is 18.8. The van der Waals surface area contributed by atoms with Gasteiger partial charge in [-0.15, -0.1) is 0 Å². The minimum absolute atomic E-state index is 0.0263. The number of phenolic OH excluding ortho intramolecular Hbond substituents is 1. The largest absolute Gasteiger partial charge is 0.508 e. The Morgan fingerprint density at radius 2 is 1.12 bits per heavy atom. The Morgan fingerprint density at radius 3 is 1.68 bits per heavy atom. The Balaban J connectivity index is 2.21. The zero-order valence-corrected chi connectivity index (χ0v) is 21.4. The number of hydrogen-bond acceptors (Lipinski definition) is 8. The van der Waals surface area contributed by atoms with Crippen molar-refractivity contribution in [1.29, 1.82) is 0 Å². The minimum Gasteiger partial charge on any atom is -0.508 e. The fraction of sp³-hybridized carbons (Fsp3) is 0.308. The number of amides is 5. The molecule has 40 heavy (non-hydrogen) atoms. The van der Waals surface area contributed by atoms with E-state index in [9.17, 15) is 39.0 Å². The number of aromatic hydroxyl groups is 1. The molecule has 11 N–H and O–H groups in total. The van der Waals surface area contributed by atoms with Gasteiger partial charge >= 0.3 is 5.97 Å². The molecule has 0 spiro atoms. The van der Waals surface area contributed by atoms with E-state index in [0.717, 1.165) is 0 Å². The van der Waals surface area contributed by atoms with Crippen LogP contribution in [0.4, 0.5) is 0 Å². The Hall–Kier alpha value is -4.98. The summed E-state index contributed by atoms with van der Waals surface area (Å²) in [7, 11) is 0. The molecule has 0 aliphatic rings. The first kappa shape index (κ1) is 31.2. The van der Waals surface area contributed by atoms with Crippen LogP contribution >= 0.6 is 0 Å². The summed E-state index contributed by atoms with van der Waals surface area (Å²) in [5.74, 6) is -6.07. The third-order valence-electron chi connectivity index (χ3n) is 5.70. The summed E-state index contributed by atoms with van der Waals surface area (Å²) in [6.07, 6.45) is -1.36. The first-order valence-electron chi connectivity index (χ1n) is 12.1. The van der Waals surface area contributed by atoms with Crippen LogP contribution in [0.5, 0.6) is 5.75 Å². The number of aliphatic carboxylic acids is 1. The number of rotatable bonds is 15. The number of carbonyl (C=O) groups excluding carboxylic acids is 5. The second-order valence-electron chi connectivity index (χ2n) is 9.03. The van der Waals surface area contributed by atoms with Gasteiger partial charge in [0.25, 0.3) is 0 Å². The van der Waals surface area contributed by atoms with Crippen LogP contribution in [-0.4, -0.2) is 69.9 Å². The minimum atomic E-state index is -1.65. The molecule has 0 saturated heterocycles. The lowest BCUT2D eigenvalue weighted by Crippen LogP contribution is -2.58. The van der Waals surface area contributed by atoms with Crippen LogP contribution in [-0.2, 0) is 41.6 Å². The van der Waals surface area contributed by atoms with E-state index in [2.05, 4.69) is 16.0 Å². The lowest BCUT2D eigenvalue weighted by molar-refractivity contribution is -0.143. The SMILES string of the molecule is NC(=O)CC(NC(=O)C(Cc1ccccc1)NC(=O)C(CC(N)=O)NC(=O)C(N)Cc1ccc(O)cc1)C(=O)O. The maximum absolute atomic E-state index is 13.2. The lowest BCUT2D eigenvalue weighted by Gasteiger charge is -2.25. The molecule has 14 nitrogen and oxygen atoms in total. The van der Waals surface area contributed by atoms with E-state index in [0.29, 0.717) is 11.1 Å². The number of carboxylic acid groups (broad SMARTS) is 1. The van der Waals surface area contributed by atoms with Crippen LogP contribution in [0.25, 0.3) is 0 Å². The van der Waals surface area contributed by atoms with E-state index >= 15 is 0 Å². The van der Waals surface area contributed by atoms with Crippen molar-refractivity contribution in [3.05, 3.63) is 65.7 Å². The number of carboxylic acids is 1. The molecule has 0 aliphatic heterocycles. The Morgan fingerprint density at radius 1 is 0.650 bits per heavy atom. The smallest absolute Gasteiger partial charge is 0.326 e. The van der Waals surface area contributed by atoms with E-state index in [-0.39, 0.29) is 18.6 Å². The molecule has 0 radical (unpaired) electrons. The molecular weight excluding hydrogens is 524 g/mol. The van der Waals surface area contributed by atoms with Gasteiger partial charge in [0.2, 0.25) is 29.5 Å². The number of primary amides is 2. The van der Waals surface area contributed by atoms with Crippen LogP contribution in [0.2, 0.25) is 0 Å². The predicted octanol–water partition coefficient (Wildman–Crippen LogP) is -2.21. The average molecular weight is 557 g/mol. The summed E-state index contributed by atoms with van der Waals surface area (Å²) in [6, 6.07) is 8.70. The van der Waals surface area contributed by atoms with E-state index in [4.69, 9.17) is 17.2 Å². The van der Waals surface area contributed by atoms with Crippen molar-refractivity contribution in [3.8, 4) is 5.75 Å². The van der Waals surface area contributed by atoms with Gasteiger partial charge < -0.3 is 43.4 Å². The first-order valence-corrected chi connectivity index (χ1v) is 12.1. The molecule has 0 aromatic heterocycles. The summed E-state index contributed by atoms with van der Waals surface area (Å²) >= 11 is 0. The van der Waals surface area contributed by atoms with E-state index in [1.807, 2.05) is 0 Å². The maximum atomic E-state index is 13.2. The van der Waals surface area contributed by atoms with Crippen molar-refractivity contribution in [1.82, 2.24) is 16.0 Å². The number of benzene rings is 2. The Kier molecular flexibility index (Phi) is 11.6.